The lowest BCUT2D eigenvalue weighted by Crippen LogP contribution is -2.05. The molecule has 0 aliphatic heterocycles. The highest BCUT2D eigenvalue weighted by molar-refractivity contribution is 5.47. The smallest absolute Gasteiger partial charge is 0.159 e. The van der Waals surface area contributed by atoms with E-state index in [2.05, 4.69) is 15.4 Å². The Kier molecular flexibility index (Phi) is 2.21. The molecular formula is C10H14N4. The van der Waals surface area contributed by atoms with Crippen LogP contribution in [0.5, 0.6) is 0 Å². The van der Waals surface area contributed by atoms with Crippen LogP contribution < -0.4 is 5.32 Å². The lowest BCUT2D eigenvalue weighted by atomic mass is 10.2. The minimum atomic E-state index is 0.805. The fraction of sp³-hybridized carbons (Fsp3) is 0.400. The molecule has 0 radical (unpaired) electrons. The highest BCUT2D eigenvalue weighted by atomic mass is 15.2. The molecule has 0 amide bonds. The second-order valence-electron chi connectivity index (χ2n) is 3.48. The van der Waals surface area contributed by atoms with Crippen molar-refractivity contribution < 1.29 is 0 Å². The number of aromatic nitrogens is 3. The summed E-state index contributed by atoms with van der Waals surface area (Å²) in [5, 5.41) is 7.36. The van der Waals surface area contributed by atoms with Gasteiger partial charge in [0.25, 0.3) is 0 Å². The van der Waals surface area contributed by atoms with E-state index in [1.807, 2.05) is 37.8 Å². The quantitative estimate of drug-likeness (QED) is 0.770. The Labute approximate surface area is 83.0 Å². The summed E-state index contributed by atoms with van der Waals surface area (Å²) in [5.41, 5.74) is 4.31. The summed E-state index contributed by atoms with van der Waals surface area (Å²) in [4.78, 5) is 4.51. The summed E-state index contributed by atoms with van der Waals surface area (Å²) in [6.45, 7) is 4.87. The van der Waals surface area contributed by atoms with E-state index in [0.717, 1.165) is 29.0 Å². The zero-order valence-electron chi connectivity index (χ0n) is 8.70. The molecule has 2 heterocycles. The third-order valence-electron chi connectivity index (χ3n) is 2.37. The van der Waals surface area contributed by atoms with Gasteiger partial charge in [0.2, 0.25) is 0 Å². The average Bonchev–Trinajstić information content (AvgIpc) is 2.51. The summed E-state index contributed by atoms with van der Waals surface area (Å²) >= 11 is 0. The van der Waals surface area contributed by atoms with Crippen molar-refractivity contribution in [2.24, 2.45) is 0 Å². The molecule has 0 atom stereocenters. The Morgan fingerprint density at radius 2 is 2.21 bits per heavy atom. The average molecular weight is 190 g/mol. The number of nitrogens with zero attached hydrogens (tertiary/aromatic N) is 3. The van der Waals surface area contributed by atoms with Crippen molar-refractivity contribution in [3.63, 3.8) is 0 Å². The molecule has 1 N–H and O–H groups in total. The third-order valence-corrected chi connectivity index (χ3v) is 2.37. The van der Waals surface area contributed by atoms with Gasteiger partial charge >= 0.3 is 0 Å². The van der Waals surface area contributed by atoms with Crippen LogP contribution in [0, 0.1) is 13.8 Å². The predicted molar refractivity (Wildman–Crippen MR) is 55.2 cm³/mol. The first-order valence-corrected chi connectivity index (χ1v) is 4.67. The summed E-state index contributed by atoms with van der Waals surface area (Å²) < 4.78 is 1.83. The SMILES string of the molecule is CNCc1cnn2cc(C)c(C)nc12. The van der Waals surface area contributed by atoms with E-state index in [4.69, 9.17) is 0 Å². The molecule has 4 heteroatoms. The van der Waals surface area contributed by atoms with Crippen molar-refractivity contribution >= 4 is 5.65 Å². The van der Waals surface area contributed by atoms with Crippen LogP contribution >= 0.6 is 0 Å². The molecule has 0 aromatic carbocycles. The molecule has 0 aliphatic carbocycles. The van der Waals surface area contributed by atoms with Gasteiger partial charge in [0.05, 0.1) is 6.20 Å². The van der Waals surface area contributed by atoms with Crippen LogP contribution in [0.4, 0.5) is 0 Å². The second-order valence-corrected chi connectivity index (χ2v) is 3.48. The van der Waals surface area contributed by atoms with Gasteiger partial charge in [0.1, 0.15) is 0 Å². The van der Waals surface area contributed by atoms with Gasteiger partial charge in [-0.2, -0.15) is 5.10 Å². The van der Waals surface area contributed by atoms with E-state index in [0.29, 0.717) is 0 Å². The minimum absolute atomic E-state index is 0.805. The first-order valence-electron chi connectivity index (χ1n) is 4.67. The van der Waals surface area contributed by atoms with Crippen LogP contribution in [0.2, 0.25) is 0 Å². The summed E-state index contributed by atoms with van der Waals surface area (Å²) in [7, 11) is 1.92. The predicted octanol–water partition coefficient (Wildman–Crippen LogP) is 1.07. The van der Waals surface area contributed by atoms with Crippen molar-refractivity contribution in [2.75, 3.05) is 7.05 Å². The maximum absolute atomic E-state index is 4.51. The molecule has 2 aromatic heterocycles. The Hall–Kier alpha value is -1.42. The first-order chi connectivity index (χ1) is 6.72. The molecule has 2 rings (SSSR count). The van der Waals surface area contributed by atoms with Gasteiger partial charge in [-0.3, -0.25) is 0 Å². The van der Waals surface area contributed by atoms with Crippen molar-refractivity contribution in [1.82, 2.24) is 19.9 Å². The molecule has 74 valence electrons. The Morgan fingerprint density at radius 3 is 2.93 bits per heavy atom. The normalized spacial score (nSPS) is 11.1. The number of hydrogen-bond donors (Lipinski definition) is 1. The second kappa shape index (κ2) is 3.38. The van der Waals surface area contributed by atoms with E-state index in [1.54, 1.807) is 0 Å². The molecule has 2 aromatic rings. The zero-order valence-corrected chi connectivity index (χ0v) is 8.70. The standard InChI is InChI=1S/C10H14N4/c1-7-6-14-10(13-8(7)2)9(4-11-3)5-12-14/h5-6,11H,4H2,1-3H3. The highest BCUT2D eigenvalue weighted by Crippen LogP contribution is 2.10. The van der Waals surface area contributed by atoms with E-state index in [-0.39, 0.29) is 0 Å². The number of nitrogens with one attached hydrogen (secondary N) is 1. The molecule has 0 unspecified atom stereocenters. The molecule has 0 spiro atoms. The van der Waals surface area contributed by atoms with E-state index >= 15 is 0 Å². The largest absolute Gasteiger partial charge is 0.315 e. The number of fused-ring (bicyclic) bond motifs is 1. The maximum Gasteiger partial charge on any atom is 0.159 e. The Balaban J connectivity index is 2.61. The van der Waals surface area contributed by atoms with Gasteiger partial charge in [0.15, 0.2) is 5.65 Å². The summed E-state index contributed by atoms with van der Waals surface area (Å²) in [6, 6.07) is 0. The van der Waals surface area contributed by atoms with Crippen LogP contribution in [-0.2, 0) is 6.54 Å². The van der Waals surface area contributed by atoms with Crippen molar-refractivity contribution in [1.29, 1.82) is 0 Å². The minimum Gasteiger partial charge on any atom is -0.315 e. The molecule has 0 aliphatic rings. The van der Waals surface area contributed by atoms with Crippen LogP contribution in [-0.4, -0.2) is 21.6 Å². The van der Waals surface area contributed by atoms with Gasteiger partial charge in [-0.15, -0.1) is 0 Å². The summed E-state index contributed by atoms with van der Waals surface area (Å²) in [5.74, 6) is 0. The molecule has 14 heavy (non-hydrogen) atoms. The van der Waals surface area contributed by atoms with Gasteiger partial charge in [-0.05, 0) is 26.5 Å². The monoisotopic (exact) mass is 190 g/mol. The van der Waals surface area contributed by atoms with Crippen molar-refractivity contribution in [2.45, 2.75) is 20.4 Å². The first kappa shape index (κ1) is 9.15. The van der Waals surface area contributed by atoms with Gasteiger partial charge in [-0.25, -0.2) is 9.50 Å². The molecule has 0 fully saturated rings. The molecule has 4 nitrogen and oxygen atoms in total. The van der Waals surface area contributed by atoms with E-state index in [9.17, 15) is 0 Å². The fourth-order valence-corrected chi connectivity index (χ4v) is 1.45. The highest BCUT2D eigenvalue weighted by Gasteiger charge is 2.05. The lowest BCUT2D eigenvalue weighted by Gasteiger charge is -2.01. The molecular weight excluding hydrogens is 176 g/mol. The van der Waals surface area contributed by atoms with Crippen molar-refractivity contribution in [3.8, 4) is 0 Å². The number of hydrogen-bond acceptors (Lipinski definition) is 3. The topological polar surface area (TPSA) is 42.2 Å². The van der Waals surface area contributed by atoms with Crippen molar-refractivity contribution in [3.05, 3.63) is 29.2 Å². The summed E-state index contributed by atoms with van der Waals surface area (Å²) in [6.07, 6.45) is 3.87. The van der Waals surface area contributed by atoms with Gasteiger partial charge in [-0.1, -0.05) is 0 Å². The number of aryl methyl sites for hydroxylation is 2. The lowest BCUT2D eigenvalue weighted by molar-refractivity contribution is 0.820. The fourth-order valence-electron chi connectivity index (χ4n) is 1.45. The van der Waals surface area contributed by atoms with Crippen LogP contribution in [0.1, 0.15) is 16.8 Å². The Morgan fingerprint density at radius 1 is 1.43 bits per heavy atom. The zero-order chi connectivity index (χ0) is 10.1. The maximum atomic E-state index is 4.51. The van der Waals surface area contributed by atoms with Crippen LogP contribution in [0.25, 0.3) is 5.65 Å². The van der Waals surface area contributed by atoms with E-state index < -0.39 is 0 Å². The van der Waals surface area contributed by atoms with Crippen LogP contribution in [0.3, 0.4) is 0 Å². The van der Waals surface area contributed by atoms with E-state index in [1.165, 1.54) is 0 Å². The molecule has 0 bridgehead atoms. The molecule has 0 saturated heterocycles. The van der Waals surface area contributed by atoms with Gasteiger partial charge < -0.3 is 5.32 Å². The number of rotatable bonds is 2. The van der Waals surface area contributed by atoms with Gasteiger partial charge in [0, 0.05) is 24.0 Å². The molecule has 0 saturated carbocycles. The van der Waals surface area contributed by atoms with Crippen LogP contribution in [0.15, 0.2) is 12.4 Å². The Bertz CT molecular complexity index is 458. The third kappa shape index (κ3) is 1.37.